The van der Waals surface area contributed by atoms with E-state index >= 15 is 0 Å². The van der Waals surface area contributed by atoms with Gasteiger partial charge in [-0.15, -0.1) is 11.3 Å². The molecule has 2 nitrogen and oxygen atoms in total. The largest absolute Gasteiger partial charge is 0.320 e. The first kappa shape index (κ1) is 12.3. The van der Waals surface area contributed by atoms with Crippen LogP contribution >= 0.6 is 11.3 Å². The van der Waals surface area contributed by atoms with Crippen LogP contribution in [-0.4, -0.2) is 4.98 Å². The Balaban J connectivity index is 2.22. The monoisotopic (exact) mass is 268 g/mol. The van der Waals surface area contributed by atoms with Gasteiger partial charge >= 0.3 is 0 Å². The zero-order valence-electron chi connectivity index (χ0n) is 11.1. The molecule has 0 saturated carbocycles. The second kappa shape index (κ2) is 4.76. The highest BCUT2D eigenvalue weighted by molar-refractivity contribution is 7.10. The van der Waals surface area contributed by atoms with Crippen molar-refractivity contribution in [1.29, 1.82) is 0 Å². The van der Waals surface area contributed by atoms with E-state index in [4.69, 9.17) is 5.73 Å². The van der Waals surface area contributed by atoms with E-state index in [9.17, 15) is 0 Å². The third-order valence-corrected chi connectivity index (χ3v) is 4.31. The van der Waals surface area contributed by atoms with Crippen LogP contribution in [0, 0.1) is 13.8 Å². The van der Waals surface area contributed by atoms with Crippen LogP contribution in [0.5, 0.6) is 0 Å². The van der Waals surface area contributed by atoms with Crippen molar-refractivity contribution in [3.05, 3.63) is 63.5 Å². The van der Waals surface area contributed by atoms with Crippen LogP contribution in [-0.2, 0) is 0 Å². The van der Waals surface area contributed by atoms with Gasteiger partial charge in [-0.1, -0.05) is 18.2 Å². The minimum atomic E-state index is -0.0853. The number of thiophene rings is 1. The molecule has 2 N–H and O–H groups in total. The van der Waals surface area contributed by atoms with Crippen molar-refractivity contribution in [3.8, 4) is 0 Å². The average molecular weight is 268 g/mol. The zero-order chi connectivity index (χ0) is 13.4. The first-order valence-electron chi connectivity index (χ1n) is 6.32. The molecule has 0 radical (unpaired) electrons. The number of fused-ring (bicyclic) bond motifs is 1. The molecule has 3 rings (SSSR count). The molecule has 3 aromatic rings. The quantitative estimate of drug-likeness (QED) is 0.764. The molecule has 2 aromatic heterocycles. The normalized spacial score (nSPS) is 12.8. The highest BCUT2D eigenvalue weighted by atomic mass is 32.1. The van der Waals surface area contributed by atoms with E-state index < -0.39 is 0 Å². The predicted octanol–water partition coefficient (Wildman–Crippen LogP) is 3.96. The molecular weight excluding hydrogens is 252 g/mol. The second-order valence-electron chi connectivity index (χ2n) is 4.78. The Hall–Kier alpha value is -1.71. The van der Waals surface area contributed by atoms with Crippen molar-refractivity contribution >= 4 is 22.2 Å². The van der Waals surface area contributed by atoms with E-state index in [1.165, 1.54) is 10.4 Å². The Bertz CT molecular complexity index is 730. The fraction of sp³-hybridized carbons (Fsp3) is 0.188. The highest BCUT2D eigenvalue weighted by Crippen LogP contribution is 2.30. The van der Waals surface area contributed by atoms with Crippen LogP contribution in [0.1, 0.15) is 27.7 Å². The van der Waals surface area contributed by atoms with Gasteiger partial charge in [-0.25, -0.2) is 0 Å². The Kier molecular flexibility index (Phi) is 3.09. The summed E-state index contributed by atoms with van der Waals surface area (Å²) in [5.41, 5.74) is 10.9. The summed E-state index contributed by atoms with van der Waals surface area (Å²) in [5, 5.41) is 3.24. The number of para-hydroxylation sites is 1. The number of aromatic nitrogens is 1. The maximum atomic E-state index is 6.48. The van der Waals surface area contributed by atoms with Crippen molar-refractivity contribution in [2.45, 2.75) is 19.9 Å². The summed E-state index contributed by atoms with van der Waals surface area (Å²) >= 11 is 1.74. The Morgan fingerprint density at radius 3 is 2.63 bits per heavy atom. The van der Waals surface area contributed by atoms with E-state index in [0.717, 1.165) is 22.2 Å². The minimum absolute atomic E-state index is 0.0853. The van der Waals surface area contributed by atoms with Crippen LogP contribution in [0.2, 0.25) is 0 Å². The molecule has 0 bridgehead atoms. The summed E-state index contributed by atoms with van der Waals surface area (Å²) in [4.78, 5) is 5.85. The van der Waals surface area contributed by atoms with Gasteiger partial charge in [0.25, 0.3) is 0 Å². The lowest BCUT2D eigenvalue weighted by Crippen LogP contribution is -2.13. The second-order valence-corrected chi connectivity index (χ2v) is 5.90. The molecule has 0 aliphatic carbocycles. The smallest absolute Gasteiger partial charge is 0.0708 e. The molecule has 3 heteroatoms. The third-order valence-electron chi connectivity index (χ3n) is 3.45. The number of pyridine rings is 1. The predicted molar refractivity (Wildman–Crippen MR) is 81.6 cm³/mol. The maximum absolute atomic E-state index is 6.48. The molecule has 19 heavy (non-hydrogen) atoms. The van der Waals surface area contributed by atoms with E-state index in [1.807, 2.05) is 25.1 Å². The lowest BCUT2D eigenvalue weighted by atomic mass is 9.96. The number of hydrogen-bond acceptors (Lipinski definition) is 3. The van der Waals surface area contributed by atoms with Crippen molar-refractivity contribution in [1.82, 2.24) is 4.98 Å². The Labute approximate surface area is 116 Å². The number of hydrogen-bond donors (Lipinski definition) is 1. The lowest BCUT2D eigenvalue weighted by molar-refractivity contribution is 0.874. The first-order chi connectivity index (χ1) is 9.16. The molecule has 2 heterocycles. The van der Waals surface area contributed by atoms with Crippen LogP contribution in [0.4, 0.5) is 0 Å². The summed E-state index contributed by atoms with van der Waals surface area (Å²) in [6, 6.07) is 12.3. The number of rotatable bonds is 2. The number of nitrogens with zero attached hydrogens (tertiary/aromatic N) is 1. The lowest BCUT2D eigenvalue weighted by Gasteiger charge is -2.15. The summed E-state index contributed by atoms with van der Waals surface area (Å²) in [5.74, 6) is 0. The molecule has 1 aromatic carbocycles. The number of aryl methyl sites for hydroxylation is 2. The first-order valence-corrected chi connectivity index (χ1v) is 7.20. The van der Waals surface area contributed by atoms with Gasteiger partial charge < -0.3 is 5.73 Å². The SMILES string of the molecule is Cc1cc(C(N)c2ccsc2C)c2ccccc2n1. The van der Waals surface area contributed by atoms with Gasteiger partial charge in [0.15, 0.2) is 0 Å². The molecule has 96 valence electrons. The minimum Gasteiger partial charge on any atom is -0.320 e. The van der Waals surface area contributed by atoms with Gasteiger partial charge in [-0.05, 0) is 48.6 Å². The molecular formula is C16H16N2S. The van der Waals surface area contributed by atoms with Crippen molar-refractivity contribution < 1.29 is 0 Å². The van der Waals surface area contributed by atoms with E-state index in [-0.39, 0.29) is 6.04 Å². The van der Waals surface area contributed by atoms with Crippen LogP contribution in [0.15, 0.2) is 41.8 Å². The molecule has 0 aliphatic rings. The van der Waals surface area contributed by atoms with E-state index in [1.54, 1.807) is 11.3 Å². The maximum Gasteiger partial charge on any atom is 0.0708 e. The van der Waals surface area contributed by atoms with Gasteiger partial charge in [0.05, 0.1) is 11.6 Å². The Morgan fingerprint density at radius 1 is 1.11 bits per heavy atom. The van der Waals surface area contributed by atoms with Gasteiger partial charge in [-0.2, -0.15) is 0 Å². The molecule has 0 amide bonds. The van der Waals surface area contributed by atoms with Gasteiger partial charge in [-0.3, -0.25) is 4.98 Å². The molecule has 1 unspecified atom stereocenters. The van der Waals surface area contributed by atoms with Gasteiger partial charge in [0.2, 0.25) is 0 Å². The average Bonchev–Trinajstić information content (AvgIpc) is 2.83. The van der Waals surface area contributed by atoms with Crippen molar-refractivity contribution in [3.63, 3.8) is 0 Å². The molecule has 0 saturated heterocycles. The fourth-order valence-corrected chi connectivity index (χ4v) is 3.23. The van der Waals surface area contributed by atoms with Crippen molar-refractivity contribution in [2.75, 3.05) is 0 Å². The zero-order valence-corrected chi connectivity index (χ0v) is 11.9. The molecule has 1 atom stereocenters. The van der Waals surface area contributed by atoms with Crippen LogP contribution < -0.4 is 5.73 Å². The highest BCUT2D eigenvalue weighted by Gasteiger charge is 2.15. The molecule has 0 spiro atoms. The number of nitrogens with two attached hydrogens (primary N) is 1. The fourth-order valence-electron chi connectivity index (χ4n) is 2.48. The standard InChI is InChI=1S/C16H16N2S/c1-10-9-14(13-5-3-4-6-15(13)18-10)16(17)12-7-8-19-11(12)2/h3-9,16H,17H2,1-2H3. The summed E-state index contributed by atoms with van der Waals surface area (Å²) in [6.07, 6.45) is 0. The topological polar surface area (TPSA) is 38.9 Å². The third kappa shape index (κ3) is 2.15. The van der Waals surface area contributed by atoms with E-state index in [2.05, 4.69) is 35.5 Å². The summed E-state index contributed by atoms with van der Waals surface area (Å²) in [7, 11) is 0. The van der Waals surface area contributed by atoms with Crippen LogP contribution in [0.3, 0.4) is 0 Å². The molecule has 0 aliphatic heterocycles. The number of benzene rings is 1. The van der Waals surface area contributed by atoms with Gasteiger partial charge in [0.1, 0.15) is 0 Å². The van der Waals surface area contributed by atoms with Crippen LogP contribution in [0.25, 0.3) is 10.9 Å². The van der Waals surface area contributed by atoms with Crippen molar-refractivity contribution in [2.24, 2.45) is 5.73 Å². The van der Waals surface area contributed by atoms with Gasteiger partial charge in [0, 0.05) is 16.0 Å². The van der Waals surface area contributed by atoms with E-state index in [0.29, 0.717) is 0 Å². The summed E-state index contributed by atoms with van der Waals surface area (Å²) < 4.78 is 0. The Morgan fingerprint density at radius 2 is 1.89 bits per heavy atom. The summed E-state index contributed by atoms with van der Waals surface area (Å²) in [6.45, 7) is 4.14. The molecule has 0 fully saturated rings.